The molecule has 4 nitrogen and oxygen atoms in total. The fraction of sp³-hybridized carbons (Fsp3) is 0.333. The highest BCUT2D eigenvalue weighted by atomic mass is 79.9. The molecule has 1 aromatic rings. The van der Waals surface area contributed by atoms with Crippen LogP contribution in [-0.2, 0) is 10.2 Å². The third-order valence-corrected chi connectivity index (χ3v) is 3.48. The summed E-state index contributed by atoms with van der Waals surface area (Å²) in [7, 11) is -3.63. The van der Waals surface area contributed by atoms with E-state index in [-0.39, 0.29) is 5.69 Å². The lowest BCUT2D eigenvalue weighted by atomic mass is 10.3. The maximum Gasteiger partial charge on any atom is 0.299 e. The lowest BCUT2D eigenvalue weighted by Crippen LogP contribution is -2.30. The maximum absolute atomic E-state index is 12.9. The van der Waals surface area contributed by atoms with Gasteiger partial charge in [-0.1, -0.05) is 6.92 Å². The fourth-order valence-electron chi connectivity index (χ4n) is 0.993. The summed E-state index contributed by atoms with van der Waals surface area (Å²) in [6.07, 6.45) is 0.686. The lowest BCUT2D eigenvalue weighted by Gasteiger charge is -2.10. The molecule has 0 unspecified atom stereocenters. The Morgan fingerprint density at radius 1 is 1.44 bits per heavy atom. The summed E-state index contributed by atoms with van der Waals surface area (Å²) < 4.78 is 40.9. The van der Waals surface area contributed by atoms with E-state index >= 15 is 0 Å². The largest absolute Gasteiger partial charge is 0.299 e. The second-order valence-electron chi connectivity index (χ2n) is 3.12. The van der Waals surface area contributed by atoms with E-state index in [1.807, 2.05) is 6.92 Å². The summed E-state index contributed by atoms with van der Waals surface area (Å²) in [5, 5.41) is 0. The van der Waals surface area contributed by atoms with Crippen LogP contribution in [0.4, 0.5) is 10.1 Å². The van der Waals surface area contributed by atoms with Gasteiger partial charge >= 0.3 is 0 Å². The molecule has 90 valence electrons. The molecule has 16 heavy (non-hydrogen) atoms. The van der Waals surface area contributed by atoms with Crippen molar-refractivity contribution in [2.45, 2.75) is 13.3 Å². The molecule has 0 saturated carbocycles. The fourth-order valence-corrected chi connectivity index (χ4v) is 2.47. The molecule has 0 heterocycles. The third-order valence-electron chi connectivity index (χ3n) is 1.71. The first kappa shape index (κ1) is 13.4. The molecule has 1 rings (SSSR count). The van der Waals surface area contributed by atoms with Gasteiger partial charge in [-0.25, -0.2) is 4.39 Å². The summed E-state index contributed by atoms with van der Waals surface area (Å²) in [6, 6.07) is 3.78. The van der Waals surface area contributed by atoms with Crippen LogP contribution in [0.2, 0.25) is 0 Å². The Morgan fingerprint density at radius 3 is 2.75 bits per heavy atom. The average Bonchev–Trinajstić information content (AvgIpc) is 2.20. The van der Waals surface area contributed by atoms with Crippen LogP contribution in [0, 0.1) is 5.82 Å². The number of nitrogens with one attached hydrogen (secondary N) is 2. The molecular weight excluding hydrogens is 299 g/mol. The number of anilines is 1. The van der Waals surface area contributed by atoms with Gasteiger partial charge < -0.3 is 0 Å². The standard InChI is InChI=1S/C9H12BrFN2O2S/c1-2-5-12-16(14,15)13-9-6-7(11)3-4-8(9)10/h3-4,6,12-13H,2,5H2,1H3. The van der Waals surface area contributed by atoms with E-state index in [1.54, 1.807) is 0 Å². The van der Waals surface area contributed by atoms with Gasteiger partial charge in [-0.3, -0.25) is 4.72 Å². The van der Waals surface area contributed by atoms with E-state index in [0.29, 0.717) is 17.4 Å². The van der Waals surface area contributed by atoms with E-state index in [2.05, 4.69) is 25.4 Å². The summed E-state index contributed by atoms with van der Waals surface area (Å²) >= 11 is 3.13. The average molecular weight is 311 g/mol. The normalized spacial score (nSPS) is 11.4. The van der Waals surface area contributed by atoms with Crippen molar-refractivity contribution in [3.8, 4) is 0 Å². The molecule has 0 aliphatic carbocycles. The molecule has 0 aliphatic heterocycles. The first-order chi connectivity index (χ1) is 7.44. The first-order valence-electron chi connectivity index (χ1n) is 4.67. The van der Waals surface area contributed by atoms with Gasteiger partial charge in [0.25, 0.3) is 10.2 Å². The molecule has 0 aliphatic rings. The molecule has 0 spiro atoms. The SMILES string of the molecule is CCCNS(=O)(=O)Nc1cc(F)ccc1Br. The molecule has 0 atom stereocenters. The van der Waals surface area contributed by atoms with Crippen molar-refractivity contribution < 1.29 is 12.8 Å². The van der Waals surface area contributed by atoms with Crippen LogP contribution in [0.15, 0.2) is 22.7 Å². The topological polar surface area (TPSA) is 58.2 Å². The van der Waals surface area contributed by atoms with Crippen molar-refractivity contribution in [3.63, 3.8) is 0 Å². The number of hydrogen-bond donors (Lipinski definition) is 2. The highest BCUT2D eigenvalue weighted by molar-refractivity contribution is 9.10. The zero-order valence-corrected chi connectivity index (χ0v) is 11.0. The number of benzene rings is 1. The Kier molecular flexibility index (Phi) is 4.69. The lowest BCUT2D eigenvalue weighted by molar-refractivity contribution is 0.586. The van der Waals surface area contributed by atoms with Gasteiger partial charge in [-0.15, -0.1) is 0 Å². The predicted octanol–water partition coefficient (Wildman–Crippen LogP) is 2.24. The predicted molar refractivity (Wildman–Crippen MR) is 64.9 cm³/mol. The number of rotatable bonds is 5. The zero-order chi connectivity index (χ0) is 12.2. The van der Waals surface area contributed by atoms with Crippen molar-refractivity contribution in [1.82, 2.24) is 4.72 Å². The minimum absolute atomic E-state index is 0.170. The molecule has 1 aromatic carbocycles. The van der Waals surface area contributed by atoms with Gasteiger partial charge in [0.2, 0.25) is 0 Å². The second kappa shape index (κ2) is 5.60. The molecule has 7 heteroatoms. The Morgan fingerprint density at radius 2 is 2.12 bits per heavy atom. The van der Waals surface area contributed by atoms with Crippen molar-refractivity contribution >= 4 is 31.8 Å². The Labute approximate surface area is 103 Å². The van der Waals surface area contributed by atoms with Crippen molar-refractivity contribution in [2.24, 2.45) is 0 Å². The summed E-state index contributed by atoms with van der Waals surface area (Å²) in [6.45, 7) is 2.18. The van der Waals surface area contributed by atoms with E-state index in [4.69, 9.17) is 0 Å². The van der Waals surface area contributed by atoms with Gasteiger partial charge in [0, 0.05) is 11.0 Å². The van der Waals surface area contributed by atoms with Crippen LogP contribution in [0.3, 0.4) is 0 Å². The van der Waals surface area contributed by atoms with Crippen LogP contribution in [0.1, 0.15) is 13.3 Å². The smallest absolute Gasteiger partial charge is 0.270 e. The van der Waals surface area contributed by atoms with Crippen molar-refractivity contribution in [2.75, 3.05) is 11.3 Å². The second-order valence-corrected chi connectivity index (χ2v) is 5.48. The van der Waals surface area contributed by atoms with E-state index in [1.165, 1.54) is 12.1 Å². The highest BCUT2D eigenvalue weighted by Gasteiger charge is 2.11. The number of halogens is 2. The molecule has 0 amide bonds. The van der Waals surface area contributed by atoms with E-state index < -0.39 is 16.0 Å². The first-order valence-corrected chi connectivity index (χ1v) is 6.94. The van der Waals surface area contributed by atoms with Gasteiger partial charge in [0.1, 0.15) is 5.82 Å². The van der Waals surface area contributed by atoms with E-state index in [0.717, 1.165) is 6.07 Å². The molecular formula is C9H12BrFN2O2S. The Hall–Kier alpha value is -0.660. The zero-order valence-electron chi connectivity index (χ0n) is 8.63. The summed E-state index contributed by atoms with van der Waals surface area (Å²) in [5.74, 6) is -0.503. The number of hydrogen-bond acceptors (Lipinski definition) is 2. The maximum atomic E-state index is 12.9. The van der Waals surface area contributed by atoms with Gasteiger partial charge in [-0.2, -0.15) is 13.1 Å². The van der Waals surface area contributed by atoms with Crippen LogP contribution in [0.25, 0.3) is 0 Å². The highest BCUT2D eigenvalue weighted by Crippen LogP contribution is 2.23. The van der Waals surface area contributed by atoms with Crippen LogP contribution in [-0.4, -0.2) is 15.0 Å². The molecule has 0 radical (unpaired) electrons. The molecule has 0 fully saturated rings. The summed E-state index contributed by atoms with van der Waals surface area (Å²) in [4.78, 5) is 0. The minimum atomic E-state index is -3.63. The minimum Gasteiger partial charge on any atom is -0.270 e. The van der Waals surface area contributed by atoms with Crippen molar-refractivity contribution in [3.05, 3.63) is 28.5 Å². The van der Waals surface area contributed by atoms with Crippen LogP contribution in [0.5, 0.6) is 0 Å². The molecule has 0 aromatic heterocycles. The summed E-state index contributed by atoms with van der Waals surface area (Å²) in [5.41, 5.74) is 0.170. The quantitative estimate of drug-likeness (QED) is 0.876. The molecule has 0 bridgehead atoms. The van der Waals surface area contributed by atoms with E-state index in [9.17, 15) is 12.8 Å². The molecule has 2 N–H and O–H groups in total. The van der Waals surface area contributed by atoms with Crippen LogP contribution >= 0.6 is 15.9 Å². The van der Waals surface area contributed by atoms with Gasteiger partial charge in [0.15, 0.2) is 0 Å². The monoisotopic (exact) mass is 310 g/mol. The van der Waals surface area contributed by atoms with Gasteiger partial charge in [-0.05, 0) is 40.5 Å². The van der Waals surface area contributed by atoms with Gasteiger partial charge in [0.05, 0.1) is 5.69 Å². The Bertz CT molecular complexity index is 465. The van der Waals surface area contributed by atoms with Crippen molar-refractivity contribution in [1.29, 1.82) is 0 Å². The van der Waals surface area contributed by atoms with Crippen LogP contribution < -0.4 is 9.44 Å². The molecule has 0 saturated heterocycles. The third kappa shape index (κ3) is 4.07. The Balaban J connectivity index is 2.83.